The zero-order valence-corrected chi connectivity index (χ0v) is 8.38. The summed E-state index contributed by atoms with van der Waals surface area (Å²) in [5.74, 6) is 0.172. The second-order valence-corrected chi connectivity index (χ2v) is 4.16. The van der Waals surface area contributed by atoms with Crippen molar-refractivity contribution in [2.24, 2.45) is 0 Å². The number of hydrogen-bond donors (Lipinski definition) is 2. The molecule has 0 saturated carbocycles. The molecule has 0 saturated heterocycles. The van der Waals surface area contributed by atoms with Crippen LogP contribution in [0.5, 0.6) is 5.75 Å². The van der Waals surface area contributed by atoms with Crippen LogP contribution in [0.25, 0.3) is 10.1 Å². The molecule has 0 aliphatic rings. The third-order valence-corrected chi connectivity index (χ3v) is 3.47. The predicted octanol–water partition coefficient (Wildman–Crippen LogP) is 3.55. The van der Waals surface area contributed by atoms with E-state index in [-0.39, 0.29) is 5.75 Å². The molecule has 1 heterocycles. The maximum absolute atomic E-state index is 9.33. The molecule has 4 heteroatoms. The summed E-state index contributed by atoms with van der Waals surface area (Å²) in [6, 6.07) is 3.46. The molecule has 0 amide bonds. The standard InChI is InChI=1S/C8H5ClOS2/c9-4-3-12-6-2-1-5(10)8(11)7(4)6/h1-3,10-11H. The smallest absolute Gasteiger partial charge is 0.129 e. The molecule has 1 aromatic carbocycles. The Morgan fingerprint density at radius 2 is 2.17 bits per heavy atom. The van der Waals surface area contributed by atoms with Crippen molar-refractivity contribution >= 4 is 45.7 Å². The average Bonchev–Trinajstić information content (AvgIpc) is 2.41. The summed E-state index contributed by atoms with van der Waals surface area (Å²) in [7, 11) is 0. The Balaban J connectivity index is 2.96. The van der Waals surface area contributed by atoms with Crippen LogP contribution in [-0.4, -0.2) is 5.11 Å². The Morgan fingerprint density at radius 1 is 1.42 bits per heavy atom. The van der Waals surface area contributed by atoms with E-state index in [4.69, 9.17) is 11.6 Å². The van der Waals surface area contributed by atoms with Gasteiger partial charge in [0.15, 0.2) is 0 Å². The van der Waals surface area contributed by atoms with Crippen molar-refractivity contribution in [2.45, 2.75) is 4.90 Å². The number of phenolic OH excluding ortho intramolecular Hbond substituents is 1. The fraction of sp³-hybridized carbons (Fsp3) is 0. The van der Waals surface area contributed by atoms with E-state index in [0.717, 1.165) is 10.1 Å². The molecular formula is C8H5ClOS2. The van der Waals surface area contributed by atoms with Crippen LogP contribution in [-0.2, 0) is 0 Å². The van der Waals surface area contributed by atoms with E-state index in [0.29, 0.717) is 9.92 Å². The normalized spacial score (nSPS) is 10.8. The van der Waals surface area contributed by atoms with Gasteiger partial charge in [-0.25, -0.2) is 0 Å². The zero-order valence-electron chi connectivity index (χ0n) is 5.91. The summed E-state index contributed by atoms with van der Waals surface area (Å²) >= 11 is 11.6. The minimum atomic E-state index is 0.172. The van der Waals surface area contributed by atoms with E-state index in [1.54, 1.807) is 17.4 Å². The number of benzene rings is 1. The molecule has 0 bridgehead atoms. The third kappa shape index (κ3) is 1.09. The molecule has 62 valence electrons. The lowest BCUT2D eigenvalue weighted by atomic mass is 10.2. The van der Waals surface area contributed by atoms with Gasteiger partial charge in [-0.15, -0.1) is 24.0 Å². The lowest BCUT2D eigenvalue weighted by molar-refractivity contribution is 0.464. The van der Waals surface area contributed by atoms with Crippen LogP contribution in [0.15, 0.2) is 22.4 Å². The quantitative estimate of drug-likeness (QED) is 0.646. The van der Waals surface area contributed by atoms with Gasteiger partial charge in [-0.05, 0) is 12.1 Å². The molecule has 1 N–H and O–H groups in total. The van der Waals surface area contributed by atoms with Crippen LogP contribution in [0.3, 0.4) is 0 Å². The van der Waals surface area contributed by atoms with E-state index >= 15 is 0 Å². The maximum atomic E-state index is 9.33. The highest BCUT2D eigenvalue weighted by Crippen LogP contribution is 2.38. The molecular weight excluding hydrogens is 212 g/mol. The summed E-state index contributed by atoms with van der Waals surface area (Å²) in [5, 5.41) is 12.7. The van der Waals surface area contributed by atoms with Gasteiger partial charge in [0.25, 0.3) is 0 Å². The number of aromatic hydroxyl groups is 1. The molecule has 0 atom stereocenters. The van der Waals surface area contributed by atoms with Gasteiger partial charge in [-0.2, -0.15) is 0 Å². The van der Waals surface area contributed by atoms with Crippen molar-refractivity contribution in [1.29, 1.82) is 0 Å². The van der Waals surface area contributed by atoms with E-state index in [1.807, 2.05) is 11.4 Å². The van der Waals surface area contributed by atoms with E-state index < -0.39 is 0 Å². The highest BCUT2D eigenvalue weighted by Gasteiger charge is 2.07. The van der Waals surface area contributed by atoms with Crippen LogP contribution >= 0.6 is 35.6 Å². The number of thiophene rings is 1. The first kappa shape index (κ1) is 8.23. The van der Waals surface area contributed by atoms with E-state index in [1.165, 1.54) is 0 Å². The summed E-state index contributed by atoms with van der Waals surface area (Å²) < 4.78 is 1.04. The minimum absolute atomic E-state index is 0.172. The maximum Gasteiger partial charge on any atom is 0.129 e. The SMILES string of the molecule is Oc1ccc2scc(Cl)c2c1S. The summed E-state index contributed by atoms with van der Waals surface area (Å²) in [6.45, 7) is 0. The third-order valence-electron chi connectivity index (χ3n) is 1.65. The van der Waals surface area contributed by atoms with Crippen LogP contribution in [0, 0.1) is 0 Å². The van der Waals surface area contributed by atoms with Gasteiger partial charge in [-0.1, -0.05) is 11.6 Å². The van der Waals surface area contributed by atoms with Crippen molar-refractivity contribution in [3.63, 3.8) is 0 Å². The van der Waals surface area contributed by atoms with Crippen molar-refractivity contribution in [3.05, 3.63) is 22.5 Å². The Kier molecular flexibility index (Phi) is 1.94. The number of rotatable bonds is 0. The molecule has 12 heavy (non-hydrogen) atoms. The summed E-state index contributed by atoms with van der Waals surface area (Å²) in [4.78, 5) is 0.554. The lowest BCUT2D eigenvalue weighted by Crippen LogP contribution is -1.70. The van der Waals surface area contributed by atoms with Gasteiger partial charge in [-0.3, -0.25) is 0 Å². The van der Waals surface area contributed by atoms with Crippen molar-refractivity contribution in [1.82, 2.24) is 0 Å². The van der Waals surface area contributed by atoms with Gasteiger partial charge in [0.2, 0.25) is 0 Å². The van der Waals surface area contributed by atoms with Gasteiger partial charge >= 0.3 is 0 Å². The molecule has 0 spiro atoms. The zero-order chi connectivity index (χ0) is 8.72. The second kappa shape index (κ2) is 2.83. The fourth-order valence-corrected chi connectivity index (χ4v) is 2.73. The molecule has 0 radical (unpaired) electrons. The Hall–Kier alpha value is -0.380. The molecule has 0 fully saturated rings. The molecule has 1 aromatic heterocycles. The van der Waals surface area contributed by atoms with Crippen LogP contribution < -0.4 is 0 Å². The number of thiol groups is 1. The highest BCUT2D eigenvalue weighted by molar-refractivity contribution is 7.80. The van der Waals surface area contributed by atoms with Crippen molar-refractivity contribution < 1.29 is 5.11 Å². The fourth-order valence-electron chi connectivity index (χ4n) is 1.06. The summed E-state index contributed by atoms with van der Waals surface area (Å²) in [5.41, 5.74) is 0. The van der Waals surface area contributed by atoms with Gasteiger partial charge in [0, 0.05) is 15.5 Å². The Bertz CT molecular complexity index is 436. The van der Waals surface area contributed by atoms with E-state index in [9.17, 15) is 5.11 Å². The Morgan fingerprint density at radius 3 is 2.92 bits per heavy atom. The number of fused-ring (bicyclic) bond motifs is 1. The minimum Gasteiger partial charge on any atom is -0.507 e. The Labute approximate surface area is 84.0 Å². The van der Waals surface area contributed by atoms with Crippen LogP contribution in [0.4, 0.5) is 0 Å². The van der Waals surface area contributed by atoms with Crippen LogP contribution in [0.2, 0.25) is 5.02 Å². The average molecular weight is 217 g/mol. The van der Waals surface area contributed by atoms with Crippen molar-refractivity contribution in [3.8, 4) is 5.75 Å². The molecule has 0 unspecified atom stereocenters. The van der Waals surface area contributed by atoms with Gasteiger partial charge in [0.1, 0.15) is 5.75 Å². The predicted molar refractivity (Wildman–Crippen MR) is 55.8 cm³/mol. The molecule has 2 aromatic rings. The summed E-state index contributed by atoms with van der Waals surface area (Å²) in [6.07, 6.45) is 0. The largest absolute Gasteiger partial charge is 0.507 e. The lowest BCUT2D eigenvalue weighted by Gasteiger charge is -1.98. The molecule has 2 rings (SSSR count). The van der Waals surface area contributed by atoms with Gasteiger partial charge in [0.05, 0.1) is 9.92 Å². The topological polar surface area (TPSA) is 20.2 Å². The molecule has 0 aliphatic heterocycles. The highest BCUT2D eigenvalue weighted by atomic mass is 35.5. The molecule has 0 aliphatic carbocycles. The first-order chi connectivity index (χ1) is 5.70. The second-order valence-electron chi connectivity index (χ2n) is 2.39. The van der Waals surface area contributed by atoms with E-state index in [2.05, 4.69) is 12.6 Å². The monoisotopic (exact) mass is 216 g/mol. The van der Waals surface area contributed by atoms with Crippen LogP contribution in [0.1, 0.15) is 0 Å². The number of halogens is 1. The number of phenols is 1. The molecule has 1 nitrogen and oxygen atoms in total. The van der Waals surface area contributed by atoms with Crippen molar-refractivity contribution in [2.75, 3.05) is 0 Å². The van der Waals surface area contributed by atoms with Gasteiger partial charge < -0.3 is 5.11 Å². The first-order valence-electron chi connectivity index (χ1n) is 3.28. The first-order valence-corrected chi connectivity index (χ1v) is 4.98. The number of hydrogen-bond acceptors (Lipinski definition) is 3.